The SMILES string of the molecule is CC1(NCC(O)c2ccc3ccccc3c2)CC1. The number of rotatable bonds is 4. The minimum absolute atomic E-state index is 0.276. The van der Waals surface area contributed by atoms with Gasteiger partial charge < -0.3 is 10.4 Å². The van der Waals surface area contributed by atoms with E-state index in [-0.39, 0.29) is 5.54 Å². The van der Waals surface area contributed by atoms with Crippen LogP contribution in [0.25, 0.3) is 10.8 Å². The van der Waals surface area contributed by atoms with E-state index in [1.807, 2.05) is 18.2 Å². The van der Waals surface area contributed by atoms with E-state index in [9.17, 15) is 5.11 Å². The molecule has 2 heteroatoms. The van der Waals surface area contributed by atoms with Gasteiger partial charge in [0.05, 0.1) is 6.10 Å². The van der Waals surface area contributed by atoms with E-state index in [2.05, 4.69) is 36.5 Å². The van der Waals surface area contributed by atoms with Gasteiger partial charge in [0.2, 0.25) is 0 Å². The lowest BCUT2D eigenvalue weighted by molar-refractivity contribution is 0.169. The smallest absolute Gasteiger partial charge is 0.0914 e. The number of aliphatic hydroxyl groups is 1. The maximum Gasteiger partial charge on any atom is 0.0914 e. The molecule has 0 aliphatic heterocycles. The summed E-state index contributed by atoms with van der Waals surface area (Å²) in [6.07, 6.45) is 2.02. The third kappa shape index (κ3) is 2.40. The highest BCUT2D eigenvalue weighted by molar-refractivity contribution is 5.83. The van der Waals surface area contributed by atoms with Crippen LogP contribution in [0.15, 0.2) is 42.5 Å². The monoisotopic (exact) mass is 241 g/mol. The highest BCUT2D eigenvalue weighted by atomic mass is 16.3. The highest BCUT2D eigenvalue weighted by Crippen LogP contribution is 2.34. The molecule has 1 saturated carbocycles. The number of benzene rings is 2. The van der Waals surface area contributed by atoms with Gasteiger partial charge in [0, 0.05) is 12.1 Å². The van der Waals surface area contributed by atoms with Crippen LogP contribution in [-0.4, -0.2) is 17.2 Å². The van der Waals surface area contributed by atoms with Crippen LogP contribution >= 0.6 is 0 Å². The summed E-state index contributed by atoms with van der Waals surface area (Å²) in [5, 5.41) is 16.0. The number of nitrogens with one attached hydrogen (secondary N) is 1. The van der Waals surface area contributed by atoms with Crippen molar-refractivity contribution in [3.63, 3.8) is 0 Å². The Bertz CT molecular complexity index is 560. The van der Waals surface area contributed by atoms with E-state index >= 15 is 0 Å². The van der Waals surface area contributed by atoms with Crippen LogP contribution in [0.4, 0.5) is 0 Å². The number of fused-ring (bicyclic) bond motifs is 1. The fourth-order valence-electron chi connectivity index (χ4n) is 2.24. The predicted molar refractivity (Wildman–Crippen MR) is 74.5 cm³/mol. The molecule has 2 aromatic rings. The largest absolute Gasteiger partial charge is 0.387 e. The fraction of sp³-hybridized carbons (Fsp3) is 0.375. The Hall–Kier alpha value is -1.38. The molecule has 0 radical (unpaired) electrons. The molecular weight excluding hydrogens is 222 g/mol. The molecule has 1 atom stereocenters. The van der Waals surface area contributed by atoms with E-state index in [1.54, 1.807) is 0 Å². The van der Waals surface area contributed by atoms with Crippen molar-refractivity contribution in [2.24, 2.45) is 0 Å². The summed E-state index contributed by atoms with van der Waals surface area (Å²) in [4.78, 5) is 0. The van der Waals surface area contributed by atoms with Crippen LogP contribution in [-0.2, 0) is 0 Å². The van der Waals surface area contributed by atoms with Gasteiger partial charge in [0.25, 0.3) is 0 Å². The van der Waals surface area contributed by atoms with E-state index in [1.165, 1.54) is 23.6 Å². The van der Waals surface area contributed by atoms with Crippen molar-refractivity contribution in [3.05, 3.63) is 48.0 Å². The summed E-state index contributed by atoms with van der Waals surface area (Å²) in [5.74, 6) is 0. The van der Waals surface area contributed by atoms with Crippen molar-refractivity contribution < 1.29 is 5.11 Å². The van der Waals surface area contributed by atoms with E-state index < -0.39 is 6.10 Å². The summed E-state index contributed by atoms with van der Waals surface area (Å²) in [6.45, 7) is 2.84. The van der Waals surface area contributed by atoms with Gasteiger partial charge in [-0.05, 0) is 42.2 Å². The first kappa shape index (κ1) is 11.7. The molecule has 1 unspecified atom stereocenters. The maximum atomic E-state index is 10.2. The number of aliphatic hydroxyl groups excluding tert-OH is 1. The average molecular weight is 241 g/mol. The second-order valence-electron chi connectivity index (χ2n) is 5.56. The van der Waals surface area contributed by atoms with Crippen LogP contribution < -0.4 is 5.32 Å². The molecule has 0 amide bonds. The lowest BCUT2D eigenvalue weighted by Gasteiger charge is -2.16. The zero-order chi connectivity index (χ0) is 12.6. The molecule has 1 aliphatic rings. The first-order valence-electron chi connectivity index (χ1n) is 6.58. The standard InChI is InChI=1S/C16H19NO/c1-16(8-9-16)17-11-15(18)14-7-6-12-4-2-3-5-13(12)10-14/h2-7,10,15,17-18H,8-9,11H2,1H3. The van der Waals surface area contributed by atoms with Gasteiger partial charge in [-0.25, -0.2) is 0 Å². The molecule has 2 aromatic carbocycles. The Morgan fingerprint density at radius 3 is 2.61 bits per heavy atom. The number of hydrogen-bond acceptors (Lipinski definition) is 2. The first-order valence-corrected chi connectivity index (χ1v) is 6.58. The van der Waals surface area contributed by atoms with E-state index in [0.717, 1.165) is 5.56 Å². The van der Waals surface area contributed by atoms with Gasteiger partial charge in [-0.2, -0.15) is 0 Å². The van der Waals surface area contributed by atoms with Crippen molar-refractivity contribution in [2.45, 2.75) is 31.4 Å². The lowest BCUT2D eigenvalue weighted by atomic mass is 10.0. The van der Waals surface area contributed by atoms with Crippen LogP contribution in [0.2, 0.25) is 0 Å². The summed E-state index contributed by atoms with van der Waals surface area (Å²) in [7, 11) is 0. The highest BCUT2D eigenvalue weighted by Gasteiger charge is 2.36. The minimum atomic E-state index is -0.424. The zero-order valence-electron chi connectivity index (χ0n) is 10.7. The molecule has 1 fully saturated rings. The van der Waals surface area contributed by atoms with Crippen molar-refractivity contribution >= 4 is 10.8 Å². The van der Waals surface area contributed by atoms with Crippen LogP contribution in [0, 0.1) is 0 Å². The molecular formula is C16H19NO. The second-order valence-corrected chi connectivity index (χ2v) is 5.56. The molecule has 0 saturated heterocycles. The summed E-state index contributed by atoms with van der Waals surface area (Å²) in [6, 6.07) is 14.4. The molecule has 1 aliphatic carbocycles. The first-order chi connectivity index (χ1) is 8.66. The van der Waals surface area contributed by atoms with Crippen molar-refractivity contribution in [1.82, 2.24) is 5.32 Å². The predicted octanol–water partition coefficient (Wildman–Crippen LogP) is 3.02. The lowest BCUT2D eigenvalue weighted by Crippen LogP contribution is -2.31. The molecule has 0 heterocycles. The van der Waals surface area contributed by atoms with Gasteiger partial charge in [0.1, 0.15) is 0 Å². The summed E-state index contributed by atoms with van der Waals surface area (Å²) < 4.78 is 0. The average Bonchev–Trinajstić information content (AvgIpc) is 3.14. The molecule has 0 aromatic heterocycles. The third-order valence-electron chi connectivity index (χ3n) is 3.88. The normalized spacial score (nSPS) is 18.8. The molecule has 2 N–H and O–H groups in total. The quantitative estimate of drug-likeness (QED) is 0.862. The van der Waals surface area contributed by atoms with Crippen LogP contribution in [0.3, 0.4) is 0 Å². The van der Waals surface area contributed by atoms with Gasteiger partial charge >= 0.3 is 0 Å². The zero-order valence-corrected chi connectivity index (χ0v) is 10.7. The Balaban J connectivity index is 1.76. The van der Waals surface area contributed by atoms with Gasteiger partial charge in [-0.15, -0.1) is 0 Å². The van der Waals surface area contributed by atoms with Crippen LogP contribution in [0.5, 0.6) is 0 Å². The third-order valence-corrected chi connectivity index (χ3v) is 3.88. The van der Waals surface area contributed by atoms with Gasteiger partial charge in [-0.3, -0.25) is 0 Å². The maximum absolute atomic E-state index is 10.2. The van der Waals surface area contributed by atoms with E-state index in [0.29, 0.717) is 6.54 Å². The molecule has 94 valence electrons. The molecule has 2 nitrogen and oxygen atoms in total. The summed E-state index contributed by atoms with van der Waals surface area (Å²) in [5.41, 5.74) is 1.27. The van der Waals surface area contributed by atoms with Crippen molar-refractivity contribution in [1.29, 1.82) is 0 Å². The topological polar surface area (TPSA) is 32.3 Å². The van der Waals surface area contributed by atoms with Gasteiger partial charge in [-0.1, -0.05) is 36.4 Å². The van der Waals surface area contributed by atoms with Crippen LogP contribution in [0.1, 0.15) is 31.4 Å². The summed E-state index contributed by atoms with van der Waals surface area (Å²) >= 11 is 0. The number of hydrogen-bond donors (Lipinski definition) is 2. The Morgan fingerprint density at radius 1 is 1.17 bits per heavy atom. The molecule has 0 bridgehead atoms. The molecule has 0 spiro atoms. The number of β-amino-alcohol motifs (C(OH)–C–C–N with tert-alkyl or cyclic N) is 1. The van der Waals surface area contributed by atoms with E-state index in [4.69, 9.17) is 0 Å². The molecule has 18 heavy (non-hydrogen) atoms. The fourth-order valence-corrected chi connectivity index (χ4v) is 2.24. The molecule has 3 rings (SSSR count). The minimum Gasteiger partial charge on any atom is -0.387 e. The van der Waals surface area contributed by atoms with Gasteiger partial charge in [0.15, 0.2) is 0 Å². The second kappa shape index (κ2) is 4.38. The Kier molecular flexibility index (Phi) is 2.84. The Morgan fingerprint density at radius 2 is 1.89 bits per heavy atom. The Labute approximate surface area is 108 Å². The van der Waals surface area contributed by atoms with Crippen molar-refractivity contribution in [2.75, 3.05) is 6.54 Å². The van der Waals surface area contributed by atoms with Crippen molar-refractivity contribution in [3.8, 4) is 0 Å².